The SMILES string of the molecule is c1ccc(-c2cc(-c3ccccc3)cc(N3c4ccccc4-c4c(n(-c5cccc(-c6ccc7sc8ccccc8c7c6)c5)c5ccccc45)-c4ccccc43)c2)cc1. The highest BCUT2D eigenvalue weighted by molar-refractivity contribution is 7.25. The molecule has 0 atom stereocenters. The highest BCUT2D eigenvalue weighted by atomic mass is 32.1. The third-order valence-electron chi connectivity index (χ3n) is 11.9. The number of rotatable bonds is 5. The van der Waals surface area contributed by atoms with Crippen LogP contribution in [0.1, 0.15) is 0 Å². The van der Waals surface area contributed by atoms with E-state index in [0.29, 0.717) is 0 Å². The monoisotopic (exact) mass is 768 g/mol. The first-order chi connectivity index (χ1) is 29.3. The number of hydrogen-bond donors (Lipinski definition) is 0. The molecule has 1 aliphatic heterocycles. The van der Waals surface area contributed by atoms with Crippen molar-refractivity contribution < 1.29 is 0 Å². The molecule has 2 aromatic heterocycles. The molecule has 11 aromatic rings. The summed E-state index contributed by atoms with van der Waals surface area (Å²) in [5, 5.41) is 3.86. The molecule has 12 rings (SSSR count). The van der Waals surface area contributed by atoms with Gasteiger partial charge in [-0.25, -0.2) is 0 Å². The summed E-state index contributed by atoms with van der Waals surface area (Å²) in [7, 11) is 0. The lowest BCUT2D eigenvalue weighted by Crippen LogP contribution is -2.11. The highest BCUT2D eigenvalue weighted by Crippen LogP contribution is 2.55. The normalized spacial score (nSPS) is 12.0. The van der Waals surface area contributed by atoms with E-state index < -0.39 is 0 Å². The Bertz CT molecular complexity index is 3330. The zero-order valence-electron chi connectivity index (χ0n) is 32.1. The average Bonchev–Trinajstić information content (AvgIpc) is 3.82. The second-order valence-corrected chi connectivity index (χ2v) is 16.4. The first-order valence-electron chi connectivity index (χ1n) is 20.2. The smallest absolute Gasteiger partial charge is 0.0641 e. The molecule has 0 fully saturated rings. The molecule has 3 heterocycles. The van der Waals surface area contributed by atoms with Gasteiger partial charge in [-0.15, -0.1) is 11.3 Å². The minimum atomic E-state index is 1.12. The summed E-state index contributed by atoms with van der Waals surface area (Å²) < 4.78 is 5.14. The van der Waals surface area contributed by atoms with Crippen LogP contribution in [0.5, 0.6) is 0 Å². The number of aromatic nitrogens is 1. The molecule has 0 bridgehead atoms. The minimum Gasteiger partial charge on any atom is -0.309 e. The Morgan fingerprint density at radius 1 is 0.322 bits per heavy atom. The molecule has 0 radical (unpaired) electrons. The Morgan fingerprint density at radius 2 is 0.881 bits per heavy atom. The van der Waals surface area contributed by atoms with Crippen molar-refractivity contribution in [2.24, 2.45) is 0 Å². The van der Waals surface area contributed by atoms with Gasteiger partial charge in [-0.05, 0) is 100 Å². The summed E-state index contributed by atoms with van der Waals surface area (Å²) >= 11 is 1.86. The number of hydrogen-bond acceptors (Lipinski definition) is 2. The van der Waals surface area contributed by atoms with Crippen LogP contribution in [0.4, 0.5) is 17.1 Å². The largest absolute Gasteiger partial charge is 0.309 e. The van der Waals surface area contributed by atoms with E-state index in [2.05, 4.69) is 228 Å². The third kappa shape index (κ3) is 5.47. The summed E-state index contributed by atoms with van der Waals surface area (Å²) in [4.78, 5) is 2.49. The zero-order chi connectivity index (χ0) is 38.9. The molecular formula is C56H36N2S. The van der Waals surface area contributed by atoms with Crippen LogP contribution in [0.2, 0.25) is 0 Å². The first-order valence-corrected chi connectivity index (χ1v) is 21.0. The molecule has 3 heteroatoms. The van der Waals surface area contributed by atoms with Crippen LogP contribution in [0.25, 0.3) is 92.5 Å². The van der Waals surface area contributed by atoms with Crippen molar-refractivity contribution in [1.29, 1.82) is 0 Å². The van der Waals surface area contributed by atoms with Crippen molar-refractivity contribution >= 4 is 59.5 Å². The zero-order valence-corrected chi connectivity index (χ0v) is 32.9. The molecule has 2 nitrogen and oxygen atoms in total. The Labute approximate surface area is 347 Å². The molecule has 276 valence electrons. The summed E-state index contributed by atoms with van der Waals surface area (Å²) in [5.74, 6) is 0. The van der Waals surface area contributed by atoms with E-state index >= 15 is 0 Å². The molecular weight excluding hydrogens is 733 g/mol. The van der Waals surface area contributed by atoms with Gasteiger partial charge in [-0.3, -0.25) is 0 Å². The minimum absolute atomic E-state index is 1.12. The molecule has 0 unspecified atom stereocenters. The fourth-order valence-corrected chi connectivity index (χ4v) is 10.3. The second kappa shape index (κ2) is 13.6. The van der Waals surface area contributed by atoms with Crippen molar-refractivity contribution in [3.8, 4) is 61.5 Å². The average molecular weight is 769 g/mol. The van der Waals surface area contributed by atoms with Crippen LogP contribution < -0.4 is 4.90 Å². The van der Waals surface area contributed by atoms with Crippen molar-refractivity contribution in [1.82, 2.24) is 4.57 Å². The van der Waals surface area contributed by atoms with E-state index in [-0.39, 0.29) is 0 Å². The van der Waals surface area contributed by atoms with Gasteiger partial charge in [-0.1, -0.05) is 152 Å². The molecule has 0 aliphatic carbocycles. The second-order valence-electron chi connectivity index (χ2n) is 15.3. The summed E-state index contributed by atoms with van der Waals surface area (Å²) in [6, 6.07) is 80.1. The Kier molecular flexibility index (Phi) is 7.75. The quantitative estimate of drug-likeness (QED) is 0.169. The summed E-state index contributed by atoms with van der Waals surface area (Å²) in [6.07, 6.45) is 0. The molecule has 0 saturated carbocycles. The number of thiophene rings is 1. The van der Waals surface area contributed by atoms with Crippen molar-refractivity contribution in [3.05, 3.63) is 218 Å². The van der Waals surface area contributed by atoms with E-state index in [0.717, 1.165) is 22.7 Å². The summed E-state index contributed by atoms with van der Waals surface area (Å²) in [6.45, 7) is 0. The number of anilines is 3. The van der Waals surface area contributed by atoms with E-state index in [1.54, 1.807) is 0 Å². The van der Waals surface area contributed by atoms with Crippen LogP contribution in [-0.2, 0) is 0 Å². The molecule has 0 saturated heterocycles. The predicted octanol–water partition coefficient (Wildman–Crippen LogP) is 16.1. The molecule has 0 spiro atoms. The van der Waals surface area contributed by atoms with Crippen LogP contribution in [-0.4, -0.2) is 4.57 Å². The fourth-order valence-electron chi connectivity index (χ4n) is 9.26. The number of fused-ring (bicyclic) bond motifs is 10. The van der Waals surface area contributed by atoms with Gasteiger partial charge in [0.2, 0.25) is 0 Å². The molecule has 59 heavy (non-hydrogen) atoms. The Hall–Kier alpha value is -7.46. The van der Waals surface area contributed by atoms with Crippen LogP contribution in [0.15, 0.2) is 218 Å². The maximum Gasteiger partial charge on any atom is 0.0641 e. The molecule has 1 aliphatic rings. The Balaban J connectivity index is 1.11. The molecule has 0 amide bonds. The van der Waals surface area contributed by atoms with Gasteiger partial charge < -0.3 is 9.47 Å². The molecule has 9 aromatic carbocycles. The Morgan fingerprint density at radius 3 is 1.64 bits per heavy atom. The predicted molar refractivity (Wildman–Crippen MR) is 252 cm³/mol. The lowest BCUT2D eigenvalue weighted by molar-refractivity contribution is 1.13. The van der Waals surface area contributed by atoms with Gasteiger partial charge in [0.05, 0.1) is 22.6 Å². The topological polar surface area (TPSA) is 8.17 Å². The van der Waals surface area contributed by atoms with Gasteiger partial charge in [0.15, 0.2) is 0 Å². The van der Waals surface area contributed by atoms with Crippen molar-refractivity contribution in [3.63, 3.8) is 0 Å². The van der Waals surface area contributed by atoms with Crippen LogP contribution in [0.3, 0.4) is 0 Å². The van der Waals surface area contributed by atoms with Gasteiger partial charge in [-0.2, -0.15) is 0 Å². The van der Waals surface area contributed by atoms with Crippen molar-refractivity contribution in [2.45, 2.75) is 0 Å². The van der Waals surface area contributed by atoms with Crippen molar-refractivity contribution in [2.75, 3.05) is 4.90 Å². The van der Waals surface area contributed by atoms with Gasteiger partial charge >= 0.3 is 0 Å². The summed E-state index contributed by atoms with van der Waals surface area (Å²) in [5.41, 5.74) is 17.7. The highest BCUT2D eigenvalue weighted by Gasteiger charge is 2.31. The van der Waals surface area contributed by atoms with Gasteiger partial charge in [0, 0.05) is 53.6 Å². The van der Waals surface area contributed by atoms with Gasteiger partial charge in [0.25, 0.3) is 0 Å². The standard InChI is InChI=1S/C56H36N2S/c1-3-16-37(17-4-1)41-32-42(38-18-5-2-6-19-38)35-44(34-41)57-50-26-11-7-23-46(50)55-47-24-8-12-27-51(47)58(56(55)48-25-9-13-28-52(48)57)43-21-15-20-39(33-43)40-30-31-54-49(36-40)45-22-10-14-29-53(45)59-54/h1-36H. The van der Waals surface area contributed by atoms with Gasteiger partial charge in [0.1, 0.15) is 0 Å². The van der Waals surface area contributed by atoms with E-state index in [1.165, 1.54) is 86.8 Å². The lowest BCUT2D eigenvalue weighted by atomic mass is 9.97. The van der Waals surface area contributed by atoms with E-state index in [1.807, 2.05) is 11.3 Å². The fraction of sp³-hybridized carbons (Fsp3) is 0. The van der Waals surface area contributed by atoms with E-state index in [4.69, 9.17) is 0 Å². The number of nitrogens with zero attached hydrogens (tertiary/aromatic N) is 2. The lowest BCUT2D eigenvalue weighted by Gasteiger charge is -2.28. The first kappa shape index (κ1) is 33.7. The van der Waals surface area contributed by atoms with Crippen LogP contribution >= 0.6 is 11.3 Å². The third-order valence-corrected chi connectivity index (χ3v) is 13.0. The maximum absolute atomic E-state index is 2.50. The maximum atomic E-state index is 2.50. The molecule has 0 N–H and O–H groups in total. The number of para-hydroxylation sites is 3. The van der Waals surface area contributed by atoms with Crippen LogP contribution in [0, 0.1) is 0 Å². The number of benzene rings is 9. The van der Waals surface area contributed by atoms with E-state index in [9.17, 15) is 0 Å².